The topological polar surface area (TPSA) is 21.3 Å². The Balaban J connectivity index is 2.03. The average molecular weight is 207 g/mol. The van der Waals surface area contributed by atoms with Crippen LogP contribution in [0.4, 0.5) is 0 Å². The molecule has 1 aromatic carbocycles. The van der Waals surface area contributed by atoms with E-state index < -0.39 is 0 Å². The van der Waals surface area contributed by atoms with Crippen LogP contribution in [0.2, 0.25) is 0 Å². The minimum absolute atomic E-state index is 0.446. The van der Waals surface area contributed by atoms with Gasteiger partial charge >= 0.3 is 0 Å². The summed E-state index contributed by atoms with van der Waals surface area (Å²) < 4.78 is 5.55. The fraction of sp³-hybridized carbons (Fsp3) is 0.538. The van der Waals surface area contributed by atoms with Gasteiger partial charge in [-0.05, 0) is 32.4 Å². The van der Waals surface area contributed by atoms with Crippen LogP contribution in [0.15, 0.2) is 30.3 Å². The van der Waals surface area contributed by atoms with E-state index in [4.69, 9.17) is 4.74 Å². The summed E-state index contributed by atoms with van der Waals surface area (Å²) in [7, 11) is 1.96. The second-order valence-electron chi connectivity index (χ2n) is 3.85. The molecule has 0 aliphatic rings. The van der Waals surface area contributed by atoms with Crippen molar-refractivity contribution < 1.29 is 4.74 Å². The van der Waals surface area contributed by atoms with E-state index in [2.05, 4.69) is 42.6 Å². The first kappa shape index (κ1) is 12.2. The largest absolute Gasteiger partial charge is 0.380 e. The van der Waals surface area contributed by atoms with Crippen LogP contribution in [0.3, 0.4) is 0 Å². The van der Waals surface area contributed by atoms with Crippen molar-refractivity contribution in [3.05, 3.63) is 35.9 Å². The lowest BCUT2D eigenvalue weighted by molar-refractivity contribution is 0.115. The normalized spacial score (nSPS) is 12.7. The Morgan fingerprint density at radius 3 is 2.67 bits per heavy atom. The molecule has 1 aromatic rings. The van der Waals surface area contributed by atoms with E-state index >= 15 is 0 Å². The summed E-state index contributed by atoms with van der Waals surface area (Å²) in [5.41, 5.74) is 1.39. The smallest absolute Gasteiger partial charge is 0.0616 e. The molecule has 84 valence electrons. The highest BCUT2D eigenvalue weighted by Crippen LogP contribution is 2.02. The highest BCUT2D eigenvalue weighted by molar-refractivity contribution is 5.14. The minimum atomic E-state index is 0.446. The standard InChI is InChI=1S/C13H21NO/c1-12(14-2)11-15-10-6-9-13-7-4-3-5-8-13/h3-5,7-8,12,14H,6,9-11H2,1-2H3. The third-order valence-corrected chi connectivity index (χ3v) is 2.46. The van der Waals surface area contributed by atoms with Gasteiger partial charge in [0.2, 0.25) is 0 Å². The summed E-state index contributed by atoms with van der Waals surface area (Å²) in [4.78, 5) is 0. The third kappa shape index (κ3) is 5.55. The van der Waals surface area contributed by atoms with Crippen molar-refractivity contribution in [2.75, 3.05) is 20.3 Å². The van der Waals surface area contributed by atoms with Crippen molar-refractivity contribution in [3.63, 3.8) is 0 Å². The van der Waals surface area contributed by atoms with E-state index in [0.29, 0.717) is 6.04 Å². The molecular weight excluding hydrogens is 186 g/mol. The maximum Gasteiger partial charge on any atom is 0.0616 e. The molecule has 0 aromatic heterocycles. The van der Waals surface area contributed by atoms with Crippen molar-refractivity contribution in [2.45, 2.75) is 25.8 Å². The lowest BCUT2D eigenvalue weighted by atomic mass is 10.1. The Hall–Kier alpha value is -0.860. The van der Waals surface area contributed by atoms with Crippen LogP contribution in [0, 0.1) is 0 Å². The molecule has 1 N–H and O–H groups in total. The molecule has 0 spiro atoms. The molecule has 0 radical (unpaired) electrons. The van der Waals surface area contributed by atoms with Crippen LogP contribution in [-0.2, 0) is 11.2 Å². The highest BCUT2D eigenvalue weighted by atomic mass is 16.5. The van der Waals surface area contributed by atoms with E-state index in [1.807, 2.05) is 7.05 Å². The van der Waals surface area contributed by atoms with Gasteiger partial charge < -0.3 is 10.1 Å². The minimum Gasteiger partial charge on any atom is -0.380 e. The van der Waals surface area contributed by atoms with Crippen LogP contribution >= 0.6 is 0 Å². The fourth-order valence-corrected chi connectivity index (χ4v) is 1.37. The quantitative estimate of drug-likeness (QED) is 0.692. The Kier molecular flexibility index (Phi) is 6.05. The number of aryl methyl sites for hydroxylation is 1. The Labute approximate surface area is 92.6 Å². The Morgan fingerprint density at radius 2 is 2.00 bits per heavy atom. The summed E-state index contributed by atoms with van der Waals surface area (Å²) in [5, 5.41) is 3.15. The molecule has 0 aliphatic carbocycles. The second kappa shape index (κ2) is 7.43. The number of hydrogen-bond acceptors (Lipinski definition) is 2. The molecule has 1 atom stereocenters. The number of ether oxygens (including phenoxy) is 1. The molecule has 0 saturated heterocycles. The fourth-order valence-electron chi connectivity index (χ4n) is 1.37. The number of benzene rings is 1. The number of hydrogen-bond donors (Lipinski definition) is 1. The van der Waals surface area contributed by atoms with Crippen molar-refractivity contribution in [2.24, 2.45) is 0 Å². The van der Waals surface area contributed by atoms with Crippen LogP contribution in [0.5, 0.6) is 0 Å². The number of nitrogens with one attached hydrogen (secondary N) is 1. The molecule has 0 heterocycles. The van der Waals surface area contributed by atoms with Crippen LogP contribution in [-0.4, -0.2) is 26.3 Å². The molecule has 0 saturated carbocycles. The molecule has 0 amide bonds. The average Bonchev–Trinajstić information content (AvgIpc) is 2.29. The van der Waals surface area contributed by atoms with Gasteiger partial charge in [0.05, 0.1) is 6.61 Å². The summed E-state index contributed by atoms with van der Waals surface area (Å²) in [6.07, 6.45) is 2.20. The van der Waals surface area contributed by atoms with Crippen molar-refractivity contribution in [1.29, 1.82) is 0 Å². The highest BCUT2D eigenvalue weighted by Gasteiger charge is 1.97. The Morgan fingerprint density at radius 1 is 1.27 bits per heavy atom. The SMILES string of the molecule is CNC(C)COCCCc1ccccc1. The van der Waals surface area contributed by atoms with Gasteiger partial charge in [-0.2, -0.15) is 0 Å². The zero-order chi connectivity index (χ0) is 10.9. The van der Waals surface area contributed by atoms with Crippen molar-refractivity contribution >= 4 is 0 Å². The van der Waals surface area contributed by atoms with Gasteiger partial charge in [0.25, 0.3) is 0 Å². The first-order valence-electron chi connectivity index (χ1n) is 5.62. The molecule has 0 fully saturated rings. The first-order chi connectivity index (χ1) is 7.33. The van der Waals surface area contributed by atoms with E-state index in [1.165, 1.54) is 5.56 Å². The van der Waals surface area contributed by atoms with Crippen LogP contribution in [0.1, 0.15) is 18.9 Å². The van der Waals surface area contributed by atoms with Gasteiger partial charge in [-0.25, -0.2) is 0 Å². The summed E-state index contributed by atoms with van der Waals surface area (Å²) >= 11 is 0. The van der Waals surface area contributed by atoms with E-state index in [-0.39, 0.29) is 0 Å². The van der Waals surface area contributed by atoms with Gasteiger partial charge in [-0.15, -0.1) is 0 Å². The maximum absolute atomic E-state index is 5.55. The van der Waals surface area contributed by atoms with E-state index in [9.17, 15) is 0 Å². The van der Waals surface area contributed by atoms with Crippen LogP contribution in [0.25, 0.3) is 0 Å². The maximum atomic E-state index is 5.55. The number of rotatable bonds is 7. The molecule has 2 nitrogen and oxygen atoms in total. The van der Waals surface area contributed by atoms with E-state index in [1.54, 1.807) is 0 Å². The first-order valence-corrected chi connectivity index (χ1v) is 5.62. The summed E-state index contributed by atoms with van der Waals surface area (Å²) in [6, 6.07) is 11.0. The number of likely N-dealkylation sites (N-methyl/N-ethyl adjacent to an activating group) is 1. The second-order valence-corrected chi connectivity index (χ2v) is 3.85. The summed E-state index contributed by atoms with van der Waals surface area (Å²) in [6.45, 7) is 3.77. The molecule has 0 aliphatic heterocycles. The molecule has 2 heteroatoms. The Bertz CT molecular complexity index is 248. The molecular formula is C13H21NO. The van der Waals surface area contributed by atoms with Gasteiger partial charge in [0, 0.05) is 12.6 Å². The zero-order valence-corrected chi connectivity index (χ0v) is 9.70. The van der Waals surface area contributed by atoms with Gasteiger partial charge in [-0.3, -0.25) is 0 Å². The third-order valence-electron chi connectivity index (χ3n) is 2.46. The predicted molar refractivity (Wildman–Crippen MR) is 64.1 cm³/mol. The van der Waals surface area contributed by atoms with Crippen LogP contribution < -0.4 is 5.32 Å². The lowest BCUT2D eigenvalue weighted by Gasteiger charge is -2.10. The molecule has 1 unspecified atom stereocenters. The van der Waals surface area contributed by atoms with Crippen molar-refractivity contribution in [3.8, 4) is 0 Å². The van der Waals surface area contributed by atoms with Gasteiger partial charge in [0.1, 0.15) is 0 Å². The zero-order valence-electron chi connectivity index (χ0n) is 9.70. The molecule has 0 bridgehead atoms. The van der Waals surface area contributed by atoms with Gasteiger partial charge in [-0.1, -0.05) is 30.3 Å². The molecule has 1 rings (SSSR count). The predicted octanol–water partition coefficient (Wildman–Crippen LogP) is 2.24. The lowest BCUT2D eigenvalue weighted by Crippen LogP contribution is -2.26. The monoisotopic (exact) mass is 207 g/mol. The van der Waals surface area contributed by atoms with E-state index in [0.717, 1.165) is 26.1 Å². The molecule has 15 heavy (non-hydrogen) atoms. The van der Waals surface area contributed by atoms with Gasteiger partial charge in [0.15, 0.2) is 0 Å². The summed E-state index contributed by atoms with van der Waals surface area (Å²) in [5.74, 6) is 0. The van der Waals surface area contributed by atoms with Crippen molar-refractivity contribution in [1.82, 2.24) is 5.32 Å².